The van der Waals surface area contributed by atoms with Crippen LogP contribution in [0.25, 0.3) is 0 Å². The van der Waals surface area contributed by atoms with Gasteiger partial charge in [0.15, 0.2) is 0 Å². The van der Waals surface area contributed by atoms with Crippen molar-refractivity contribution < 1.29 is 8.78 Å². The minimum absolute atomic E-state index is 0.0975. The van der Waals surface area contributed by atoms with Gasteiger partial charge in [-0.05, 0) is 48.8 Å². The van der Waals surface area contributed by atoms with Gasteiger partial charge < -0.3 is 5.32 Å². The van der Waals surface area contributed by atoms with Crippen molar-refractivity contribution in [3.8, 4) is 0 Å². The summed E-state index contributed by atoms with van der Waals surface area (Å²) in [5.41, 5.74) is 0.571. The lowest BCUT2D eigenvalue weighted by atomic mass is 9.95. The molecule has 17 heavy (non-hydrogen) atoms. The summed E-state index contributed by atoms with van der Waals surface area (Å²) in [7, 11) is 0. The molecular weight excluding hydrogens is 220 g/mol. The quantitative estimate of drug-likeness (QED) is 0.849. The van der Waals surface area contributed by atoms with E-state index in [0.29, 0.717) is 17.5 Å². The molecule has 0 radical (unpaired) electrons. The van der Waals surface area contributed by atoms with Gasteiger partial charge in [-0.2, -0.15) is 0 Å². The zero-order valence-electron chi connectivity index (χ0n) is 9.97. The lowest BCUT2D eigenvalue weighted by Gasteiger charge is -2.13. The Bertz CT molecular complexity index is 442. The van der Waals surface area contributed by atoms with E-state index in [1.54, 1.807) is 6.07 Å². The average molecular weight is 237 g/mol. The number of nitrogens with one attached hydrogen (secondary N) is 1. The van der Waals surface area contributed by atoms with Crippen LogP contribution in [0, 0.1) is 17.6 Å². The SMILES string of the molecule is CC1(c2ccc(F)cc2F)CC1CNC1CC1. The Balaban J connectivity index is 1.70. The Morgan fingerprint density at radius 3 is 2.76 bits per heavy atom. The minimum Gasteiger partial charge on any atom is -0.314 e. The van der Waals surface area contributed by atoms with Gasteiger partial charge in [-0.15, -0.1) is 0 Å². The molecule has 2 atom stereocenters. The van der Waals surface area contributed by atoms with Gasteiger partial charge in [0.2, 0.25) is 0 Å². The molecule has 1 nitrogen and oxygen atoms in total. The van der Waals surface area contributed by atoms with Crippen molar-refractivity contribution in [3.05, 3.63) is 35.4 Å². The zero-order chi connectivity index (χ0) is 12.0. The maximum Gasteiger partial charge on any atom is 0.129 e. The fourth-order valence-electron chi connectivity index (χ4n) is 2.63. The number of rotatable bonds is 4. The Labute approximate surface area is 100 Å². The van der Waals surface area contributed by atoms with Crippen molar-refractivity contribution in [3.63, 3.8) is 0 Å². The van der Waals surface area contributed by atoms with Crippen LogP contribution in [-0.4, -0.2) is 12.6 Å². The summed E-state index contributed by atoms with van der Waals surface area (Å²) in [6.07, 6.45) is 3.54. The highest BCUT2D eigenvalue weighted by Gasteiger charge is 2.52. The third-order valence-corrected chi connectivity index (χ3v) is 4.19. The van der Waals surface area contributed by atoms with Gasteiger partial charge in [0.1, 0.15) is 11.6 Å². The summed E-state index contributed by atoms with van der Waals surface area (Å²) < 4.78 is 26.6. The lowest BCUT2D eigenvalue weighted by molar-refractivity contribution is 0.528. The Morgan fingerprint density at radius 2 is 2.12 bits per heavy atom. The zero-order valence-corrected chi connectivity index (χ0v) is 9.97. The molecule has 0 amide bonds. The molecule has 2 fully saturated rings. The molecule has 0 bridgehead atoms. The largest absolute Gasteiger partial charge is 0.314 e. The highest BCUT2D eigenvalue weighted by molar-refractivity contribution is 5.34. The second-order valence-corrected chi connectivity index (χ2v) is 5.63. The van der Waals surface area contributed by atoms with Crippen molar-refractivity contribution in [2.75, 3.05) is 6.54 Å². The van der Waals surface area contributed by atoms with E-state index in [4.69, 9.17) is 0 Å². The van der Waals surface area contributed by atoms with Crippen LogP contribution < -0.4 is 5.32 Å². The van der Waals surface area contributed by atoms with Crippen LogP contribution in [0.3, 0.4) is 0 Å². The molecule has 2 unspecified atom stereocenters. The summed E-state index contributed by atoms with van der Waals surface area (Å²) in [6.45, 7) is 3.03. The highest BCUT2D eigenvalue weighted by atomic mass is 19.1. The van der Waals surface area contributed by atoms with Gasteiger partial charge in [0.05, 0.1) is 0 Å². The molecule has 3 rings (SSSR count). The van der Waals surface area contributed by atoms with Crippen LogP contribution in [0.2, 0.25) is 0 Å². The molecule has 0 aromatic heterocycles. The van der Waals surface area contributed by atoms with E-state index in [1.807, 2.05) is 0 Å². The monoisotopic (exact) mass is 237 g/mol. The second kappa shape index (κ2) is 3.77. The molecule has 1 aromatic carbocycles. The normalized spacial score (nSPS) is 31.6. The summed E-state index contributed by atoms with van der Waals surface area (Å²) in [4.78, 5) is 0. The van der Waals surface area contributed by atoms with Gasteiger partial charge >= 0.3 is 0 Å². The number of hydrogen-bond acceptors (Lipinski definition) is 1. The van der Waals surface area contributed by atoms with E-state index >= 15 is 0 Å². The number of benzene rings is 1. The van der Waals surface area contributed by atoms with E-state index in [-0.39, 0.29) is 5.41 Å². The van der Waals surface area contributed by atoms with Crippen molar-refractivity contribution in [2.24, 2.45) is 5.92 Å². The topological polar surface area (TPSA) is 12.0 Å². The van der Waals surface area contributed by atoms with Crippen LogP contribution in [0.5, 0.6) is 0 Å². The van der Waals surface area contributed by atoms with E-state index in [1.165, 1.54) is 18.9 Å². The molecule has 2 aliphatic carbocycles. The second-order valence-electron chi connectivity index (χ2n) is 5.63. The summed E-state index contributed by atoms with van der Waals surface area (Å²) in [5, 5.41) is 3.48. The molecule has 1 N–H and O–H groups in total. The van der Waals surface area contributed by atoms with Gasteiger partial charge in [0, 0.05) is 12.1 Å². The van der Waals surface area contributed by atoms with Crippen molar-refractivity contribution in [1.82, 2.24) is 5.32 Å². The Morgan fingerprint density at radius 1 is 1.35 bits per heavy atom. The van der Waals surface area contributed by atoms with E-state index in [0.717, 1.165) is 19.0 Å². The predicted octanol–water partition coefficient (Wildman–Crippen LogP) is 2.99. The maximum atomic E-state index is 13.7. The average Bonchev–Trinajstić information content (AvgIpc) is 3.13. The molecule has 2 aliphatic rings. The van der Waals surface area contributed by atoms with Crippen LogP contribution in [0.1, 0.15) is 31.7 Å². The molecular formula is C14H17F2N. The summed E-state index contributed by atoms with van der Waals surface area (Å²) >= 11 is 0. The standard InChI is InChI=1S/C14H17F2N/c1-14(7-9(14)8-17-11-3-4-11)12-5-2-10(15)6-13(12)16/h2,5-6,9,11,17H,3-4,7-8H2,1H3. The van der Waals surface area contributed by atoms with Crippen molar-refractivity contribution >= 4 is 0 Å². The van der Waals surface area contributed by atoms with Crippen molar-refractivity contribution in [1.29, 1.82) is 0 Å². The molecule has 0 aliphatic heterocycles. The first kappa shape index (κ1) is 11.1. The molecule has 0 spiro atoms. The molecule has 92 valence electrons. The fraction of sp³-hybridized carbons (Fsp3) is 0.571. The fourth-order valence-corrected chi connectivity index (χ4v) is 2.63. The van der Waals surface area contributed by atoms with E-state index in [9.17, 15) is 8.78 Å². The Hall–Kier alpha value is -0.960. The predicted molar refractivity (Wildman–Crippen MR) is 62.8 cm³/mol. The van der Waals surface area contributed by atoms with E-state index in [2.05, 4.69) is 12.2 Å². The molecule has 1 aromatic rings. The Kier molecular flexibility index (Phi) is 2.47. The van der Waals surface area contributed by atoms with Gasteiger partial charge in [0.25, 0.3) is 0 Å². The molecule has 3 heteroatoms. The van der Waals surface area contributed by atoms with E-state index < -0.39 is 11.6 Å². The van der Waals surface area contributed by atoms with Gasteiger partial charge in [-0.25, -0.2) is 8.78 Å². The highest BCUT2D eigenvalue weighted by Crippen LogP contribution is 2.54. The van der Waals surface area contributed by atoms with Crippen LogP contribution in [0.15, 0.2) is 18.2 Å². The van der Waals surface area contributed by atoms with Crippen LogP contribution in [-0.2, 0) is 5.41 Å². The summed E-state index contributed by atoms with van der Waals surface area (Å²) in [6, 6.07) is 4.64. The maximum absolute atomic E-state index is 13.7. The lowest BCUT2D eigenvalue weighted by Crippen LogP contribution is -2.22. The third kappa shape index (κ3) is 2.08. The van der Waals surface area contributed by atoms with Crippen LogP contribution in [0.4, 0.5) is 8.78 Å². The summed E-state index contributed by atoms with van der Waals surface area (Å²) in [5.74, 6) is -0.410. The molecule has 2 saturated carbocycles. The first-order valence-corrected chi connectivity index (χ1v) is 6.28. The van der Waals surface area contributed by atoms with Crippen LogP contribution >= 0.6 is 0 Å². The van der Waals surface area contributed by atoms with Gasteiger partial charge in [-0.1, -0.05) is 13.0 Å². The van der Waals surface area contributed by atoms with Gasteiger partial charge in [-0.3, -0.25) is 0 Å². The number of halogens is 2. The first-order chi connectivity index (χ1) is 8.09. The first-order valence-electron chi connectivity index (χ1n) is 6.28. The minimum atomic E-state index is -0.497. The molecule has 0 saturated heterocycles. The van der Waals surface area contributed by atoms with Crippen molar-refractivity contribution in [2.45, 2.75) is 37.6 Å². The third-order valence-electron chi connectivity index (χ3n) is 4.19. The molecule has 0 heterocycles. The number of hydrogen-bond donors (Lipinski definition) is 1. The smallest absolute Gasteiger partial charge is 0.129 e.